The Hall–Kier alpha value is -4.43. The van der Waals surface area contributed by atoms with Gasteiger partial charge in [-0.3, -0.25) is 19.9 Å². The second-order valence-electron chi connectivity index (χ2n) is 11.4. The number of nitrogens with zero attached hydrogens (tertiary/aromatic N) is 4. The Morgan fingerprint density at radius 1 is 1.10 bits per heavy atom. The molecule has 0 radical (unpaired) electrons. The van der Waals surface area contributed by atoms with Crippen LogP contribution in [0.1, 0.15) is 41.6 Å². The van der Waals surface area contributed by atoms with Crippen molar-refractivity contribution in [3.63, 3.8) is 0 Å². The summed E-state index contributed by atoms with van der Waals surface area (Å²) >= 11 is 0. The van der Waals surface area contributed by atoms with E-state index in [0.29, 0.717) is 19.6 Å². The van der Waals surface area contributed by atoms with Gasteiger partial charge in [-0.1, -0.05) is 23.8 Å². The number of aromatic amines is 1. The number of hydrogen-bond donors (Lipinski definition) is 2. The number of aromatic nitrogens is 3. The van der Waals surface area contributed by atoms with Crippen LogP contribution in [0.5, 0.6) is 0 Å². The van der Waals surface area contributed by atoms with Crippen molar-refractivity contribution >= 4 is 22.2 Å². The zero-order valence-electron chi connectivity index (χ0n) is 23.3. The molecule has 2 fully saturated rings. The van der Waals surface area contributed by atoms with Gasteiger partial charge in [-0.2, -0.15) is 0 Å². The van der Waals surface area contributed by atoms with Gasteiger partial charge in [0.25, 0.3) is 5.92 Å². The quantitative estimate of drug-likeness (QED) is 0.259. The van der Waals surface area contributed by atoms with E-state index >= 15 is 0 Å². The van der Waals surface area contributed by atoms with Gasteiger partial charge in [0.1, 0.15) is 0 Å². The molecule has 4 aromatic rings. The van der Waals surface area contributed by atoms with Crippen LogP contribution in [-0.4, -0.2) is 57.7 Å². The van der Waals surface area contributed by atoms with Crippen molar-refractivity contribution in [2.45, 2.75) is 31.6 Å². The van der Waals surface area contributed by atoms with Gasteiger partial charge in [-0.25, -0.2) is 8.78 Å². The molecular formula is C34H32F2N6. The first-order valence-electron chi connectivity index (χ1n) is 14.4. The first-order chi connectivity index (χ1) is 20.5. The van der Waals surface area contributed by atoms with Crippen LogP contribution in [0.3, 0.4) is 0 Å². The van der Waals surface area contributed by atoms with E-state index in [1.165, 1.54) is 11.1 Å². The lowest BCUT2D eigenvalue weighted by Gasteiger charge is -2.19. The third kappa shape index (κ3) is 5.42. The molecule has 2 aliphatic heterocycles. The summed E-state index contributed by atoms with van der Waals surface area (Å²) in [6, 6.07) is 14.4. The summed E-state index contributed by atoms with van der Waals surface area (Å²) in [6.45, 7) is 1.39. The lowest BCUT2D eigenvalue weighted by atomic mass is 9.91. The van der Waals surface area contributed by atoms with E-state index in [-0.39, 0.29) is 13.0 Å². The Morgan fingerprint density at radius 2 is 2.00 bits per heavy atom. The summed E-state index contributed by atoms with van der Waals surface area (Å²) < 4.78 is 27.8. The molecule has 7 rings (SSSR count). The van der Waals surface area contributed by atoms with E-state index in [1.807, 2.05) is 35.5 Å². The smallest absolute Gasteiger partial charge is 0.261 e. The molecule has 1 saturated carbocycles. The first-order valence-corrected chi connectivity index (χ1v) is 14.4. The minimum atomic E-state index is -2.62. The molecule has 0 unspecified atom stereocenters. The molecule has 0 atom stereocenters. The number of rotatable bonds is 7. The first kappa shape index (κ1) is 26.5. The van der Waals surface area contributed by atoms with Crippen molar-refractivity contribution in [1.29, 1.82) is 0 Å². The molecular weight excluding hydrogens is 530 g/mol. The molecule has 1 saturated heterocycles. The minimum Gasteiger partial charge on any atom is -0.404 e. The highest BCUT2D eigenvalue weighted by Crippen LogP contribution is 2.33. The highest BCUT2D eigenvalue weighted by Gasteiger charge is 2.38. The van der Waals surface area contributed by atoms with E-state index in [0.717, 1.165) is 75.1 Å². The molecule has 0 bridgehead atoms. The fourth-order valence-electron chi connectivity index (χ4n) is 5.95. The molecule has 212 valence electrons. The topological polar surface area (TPSA) is 83.2 Å². The van der Waals surface area contributed by atoms with Gasteiger partial charge in [0.2, 0.25) is 0 Å². The maximum atomic E-state index is 13.9. The van der Waals surface area contributed by atoms with Crippen molar-refractivity contribution in [1.82, 2.24) is 19.9 Å². The zero-order chi connectivity index (χ0) is 28.7. The van der Waals surface area contributed by atoms with Crippen molar-refractivity contribution in [2.75, 3.05) is 26.2 Å². The number of benzene rings is 1. The lowest BCUT2D eigenvalue weighted by molar-refractivity contribution is 0.0131. The average molecular weight is 563 g/mol. The third-order valence-corrected chi connectivity index (χ3v) is 8.19. The number of alkyl halides is 2. The molecule has 1 aromatic carbocycles. The number of likely N-dealkylation sites (tertiary alicyclic amines) is 1. The predicted molar refractivity (Wildman–Crippen MR) is 164 cm³/mol. The Bertz CT molecular complexity index is 1770. The van der Waals surface area contributed by atoms with Crippen LogP contribution in [-0.2, 0) is 6.42 Å². The standard InChI is InChI=1S/C34H32F2N6/c35-34(36)9-13-42(21-34)20-23(14-22-3-4-22)15-27(18-37)25-6-5-24-7-11-40-33(28(24)16-25)31-17-29-30(41-31)8-12-39-32(29)26-2-1-10-38-19-26/h1-2,5-6,8,10,12,14-19,41H,3-4,7,9,11,13,20-21,37H2/b23-15+,27-18+. The largest absolute Gasteiger partial charge is 0.404 e. The number of allylic oxidation sites excluding steroid dienone is 3. The molecule has 8 heteroatoms. The van der Waals surface area contributed by atoms with Crippen LogP contribution in [0.2, 0.25) is 0 Å². The normalized spacial score (nSPS) is 18.7. The third-order valence-electron chi connectivity index (χ3n) is 8.19. The molecule has 5 heterocycles. The van der Waals surface area contributed by atoms with Gasteiger partial charge >= 0.3 is 0 Å². The predicted octanol–water partition coefficient (Wildman–Crippen LogP) is 6.31. The average Bonchev–Trinajstić information content (AvgIpc) is 3.60. The molecule has 6 nitrogen and oxygen atoms in total. The Kier molecular flexibility index (Phi) is 6.78. The molecule has 3 aliphatic rings. The maximum absolute atomic E-state index is 13.9. The highest BCUT2D eigenvalue weighted by atomic mass is 19.3. The minimum absolute atomic E-state index is 0.0864. The Labute approximate surface area is 243 Å². The molecule has 3 aromatic heterocycles. The van der Waals surface area contributed by atoms with E-state index in [1.54, 1.807) is 12.4 Å². The van der Waals surface area contributed by atoms with Crippen molar-refractivity contribution in [3.8, 4) is 11.3 Å². The van der Waals surface area contributed by atoms with Crippen molar-refractivity contribution in [2.24, 2.45) is 10.7 Å². The van der Waals surface area contributed by atoms with Crippen LogP contribution >= 0.6 is 0 Å². The lowest BCUT2D eigenvalue weighted by Crippen LogP contribution is -2.26. The molecule has 0 spiro atoms. The molecule has 42 heavy (non-hydrogen) atoms. The van der Waals surface area contributed by atoms with Crippen LogP contribution in [0, 0.1) is 0 Å². The number of aliphatic imine (C=N–C) groups is 1. The SMILES string of the molecule is N/C=C(\C=C(/C=C1CC1)CN1CCC(F)(F)C1)c1ccc2c(c1)C(c1cc3c(-c4cccnc4)nccc3[nH]1)=NCC2. The van der Waals surface area contributed by atoms with E-state index in [9.17, 15) is 8.78 Å². The Morgan fingerprint density at radius 3 is 2.76 bits per heavy atom. The fourth-order valence-corrected chi connectivity index (χ4v) is 5.95. The summed E-state index contributed by atoms with van der Waals surface area (Å²) in [5.41, 5.74) is 17.3. The van der Waals surface area contributed by atoms with E-state index < -0.39 is 5.92 Å². The molecule has 0 amide bonds. The van der Waals surface area contributed by atoms with Crippen molar-refractivity contribution < 1.29 is 8.78 Å². The molecule has 3 N–H and O–H groups in total. The second-order valence-corrected chi connectivity index (χ2v) is 11.4. The van der Waals surface area contributed by atoms with Gasteiger partial charge in [-0.15, -0.1) is 0 Å². The number of nitrogens with one attached hydrogen (secondary N) is 1. The van der Waals surface area contributed by atoms with E-state index in [4.69, 9.17) is 10.7 Å². The van der Waals surface area contributed by atoms with Crippen LogP contribution in [0.25, 0.3) is 27.7 Å². The number of H-pyrrole nitrogens is 1. The highest BCUT2D eigenvalue weighted by molar-refractivity contribution is 6.16. The number of halogens is 2. The van der Waals surface area contributed by atoms with Gasteiger partial charge in [-0.05, 0) is 77.9 Å². The summed E-state index contributed by atoms with van der Waals surface area (Å²) in [4.78, 5) is 19.3. The van der Waals surface area contributed by atoms with Crippen LogP contribution < -0.4 is 5.73 Å². The van der Waals surface area contributed by atoms with E-state index in [2.05, 4.69) is 51.4 Å². The Balaban J connectivity index is 1.23. The summed E-state index contributed by atoms with van der Waals surface area (Å²) in [7, 11) is 0. The number of nitrogens with two attached hydrogens (primary N) is 1. The second kappa shape index (κ2) is 10.8. The zero-order valence-corrected chi connectivity index (χ0v) is 23.3. The summed E-state index contributed by atoms with van der Waals surface area (Å²) in [5.74, 6) is -2.62. The van der Waals surface area contributed by atoms with Crippen molar-refractivity contribution in [3.05, 3.63) is 113 Å². The molecule has 1 aliphatic carbocycles. The summed E-state index contributed by atoms with van der Waals surface area (Å²) in [6.07, 6.45) is 14.1. The summed E-state index contributed by atoms with van der Waals surface area (Å²) in [5, 5.41) is 1.02. The number of hydrogen-bond acceptors (Lipinski definition) is 5. The van der Waals surface area contributed by atoms with Gasteiger partial charge in [0.05, 0.1) is 23.6 Å². The number of fused-ring (bicyclic) bond motifs is 2. The van der Waals surface area contributed by atoms with Gasteiger partial charge < -0.3 is 10.7 Å². The van der Waals surface area contributed by atoms with Gasteiger partial charge in [0.15, 0.2) is 0 Å². The fraction of sp³-hybridized carbons (Fsp3) is 0.265. The maximum Gasteiger partial charge on any atom is 0.261 e. The van der Waals surface area contributed by atoms with Crippen LogP contribution in [0.4, 0.5) is 8.78 Å². The van der Waals surface area contributed by atoms with Gasteiger partial charge in [0, 0.05) is 72.9 Å². The monoisotopic (exact) mass is 562 g/mol. The van der Waals surface area contributed by atoms with Crippen LogP contribution in [0.15, 0.2) is 95.5 Å². The number of pyridine rings is 2.